The van der Waals surface area contributed by atoms with Gasteiger partial charge in [0.25, 0.3) is 0 Å². The Morgan fingerprint density at radius 3 is 2.56 bits per heavy atom. The highest BCUT2D eigenvalue weighted by atomic mass is 14.6. The lowest BCUT2D eigenvalue weighted by Crippen LogP contribution is -2.23. The van der Waals surface area contributed by atoms with Crippen molar-refractivity contribution in [2.75, 3.05) is 0 Å². The number of allylic oxidation sites excluding steroid dienone is 2. The fourth-order valence-corrected chi connectivity index (χ4v) is 0.973. The predicted molar refractivity (Wildman–Crippen MR) is 40.1 cm³/mol. The first kappa shape index (κ1) is 6.56. The Labute approximate surface area is 56.2 Å². The van der Waals surface area contributed by atoms with Crippen LogP contribution in [0.3, 0.4) is 0 Å². The number of hydrogen-bond acceptors (Lipinski definition) is 1. The zero-order chi connectivity index (χ0) is 6.85. The van der Waals surface area contributed by atoms with E-state index in [-0.39, 0.29) is 6.04 Å². The zero-order valence-corrected chi connectivity index (χ0v) is 6.02. The molecule has 0 aromatic carbocycles. The van der Waals surface area contributed by atoms with E-state index in [1.807, 2.05) is 0 Å². The van der Waals surface area contributed by atoms with E-state index >= 15 is 0 Å². The van der Waals surface area contributed by atoms with Crippen LogP contribution in [0.4, 0.5) is 0 Å². The molecule has 1 unspecified atom stereocenters. The summed E-state index contributed by atoms with van der Waals surface area (Å²) >= 11 is 0. The Kier molecular flexibility index (Phi) is 1.72. The van der Waals surface area contributed by atoms with Crippen LogP contribution < -0.4 is 5.73 Å². The summed E-state index contributed by atoms with van der Waals surface area (Å²) in [5.74, 6) is 0. The van der Waals surface area contributed by atoms with Crippen LogP contribution in [0, 0.1) is 0 Å². The second kappa shape index (κ2) is 2.36. The van der Waals surface area contributed by atoms with Gasteiger partial charge < -0.3 is 5.73 Å². The first-order valence-electron chi connectivity index (χ1n) is 3.29. The molecule has 0 saturated carbocycles. The minimum Gasteiger partial charge on any atom is -0.324 e. The van der Waals surface area contributed by atoms with Gasteiger partial charge in [0.1, 0.15) is 0 Å². The average molecular weight is 123 g/mol. The number of hydrogen-bond donors (Lipinski definition) is 1. The lowest BCUT2D eigenvalue weighted by atomic mass is 9.96. The van der Waals surface area contributed by atoms with Gasteiger partial charge in [-0.3, -0.25) is 0 Å². The molecule has 0 fully saturated rings. The standard InChI is InChI=1S/C8H13N/c1-6-3-4-7(2)8(9)5-6/h3-4,8H,5,9H2,1-2H3. The van der Waals surface area contributed by atoms with Gasteiger partial charge in [0.05, 0.1) is 0 Å². The Morgan fingerprint density at radius 1 is 1.44 bits per heavy atom. The molecule has 0 aliphatic heterocycles. The molecule has 0 aromatic rings. The molecule has 0 saturated heterocycles. The van der Waals surface area contributed by atoms with Crippen LogP contribution in [0.15, 0.2) is 23.3 Å². The second-order valence-corrected chi connectivity index (χ2v) is 2.73. The third kappa shape index (κ3) is 1.42. The van der Waals surface area contributed by atoms with Crippen molar-refractivity contribution in [2.45, 2.75) is 26.3 Å². The first-order chi connectivity index (χ1) is 4.20. The van der Waals surface area contributed by atoms with Crippen molar-refractivity contribution in [3.05, 3.63) is 23.3 Å². The highest BCUT2D eigenvalue weighted by Gasteiger charge is 2.07. The highest BCUT2D eigenvalue weighted by Crippen LogP contribution is 2.15. The molecular formula is C8H13N. The van der Waals surface area contributed by atoms with Crippen molar-refractivity contribution in [2.24, 2.45) is 5.73 Å². The largest absolute Gasteiger partial charge is 0.324 e. The quantitative estimate of drug-likeness (QED) is 0.520. The molecule has 1 rings (SSSR count). The lowest BCUT2D eigenvalue weighted by Gasteiger charge is -2.15. The molecule has 0 radical (unpaired) electrons. The van der Waals surface area contributed by atoms with E-state index in [1.165, 1.54) is 11.1 Å². The Hall–Kier alpha value is -0.560. The molecule has 1 aliphatic carbocycles. The molecule has 0 bridgehead atoms. The third-order valence-corrected chi connectivity index (χ3v) is 1.76. The van der Waals surface area contributed by atoms with Crippen molar-refractivity contribution in [3.63, 3.8) is 0 Å². The van der Waals surface area contributed by atoms with E-state index in [0.717, 1.165) is 6.42 Å². The van der Waals surface area contributed by atoms with Crippen molar-refractivity contribution in [1.82, 2.24) is 0 Å². The molecule has 0 spiro atoms. The highest BCUT2D eigenvalue weighted by molar-refractivity contribution is 5.26. The van der Waals surface area contributed by atoms with Crippen LogP contribution >= 0.6 is 0 Å². The molecule has 0 heterocycles. The van der Waals surface area contributed by atoms with Gasteiger partial charge in [-0.2, -0.15) is 0 Å². The Balaban J connectivity index is 2.74. The summed E-state index contributed by atoms with van der Waals surface area (Å²) in [6.07, 6.45) is 5.27. The summed E-state index contributed by atoms with van der Waals surface area (Å²) in [5, 5.41) is 0. The molecule has 0 aromatic heterocycles. The maximum Gasteiger partial charge on any atom is 0.0291 e. The van der Waals surface area contributed by atoms with E-state index < -0.39 is 0 Å². The maximum absolute atomic E-state index is 5.76. The third-order valence-electron chi connectivity index (χ3n) is 1.76. The summed E-state index contributed by atoms with van der Waals surface area (Å²) in [7, 11) is 0. The Morgan fingerprint density at radius 2 is 2.11 bits per heavy atom. The number of nitrogens with two attached hydrogens (primary N) is 1. The molecule has 1 heteroatoms. The van der Waals surface area contributed by atoms with Gasteiger partial charge in [-0.05, 0) is 20.3 Å². The maximum atomic E-state index is 5.76. The van der Waals surface area contributed by atoms with Gasteiger partial charge in [-0.25, -0.2) is 0 Å². The summed E-state index contributed by atoms with van der Waals surface area (Å²) in [4.78, 5) is 0. The van der Waals surface area contributed by atoms with E-state index in [4.69, 9.17) is 5.73 Å². The molecule has 9 heavy (non-hydrogen) atoms. The molecular weight excluding hydrogens is 110 g/mol. The molecule has 1 atom stereocenters. The smallest absolute Gasteiger partial charge is 0.0291 e. The molecule has 1 nitrogen and oxygen atoms in total. The van der Waals surface area contributed by atoms with Crippen LogP contribution in [0.25, 0.3) is 0 Å². The van der Waals surface area contributed by atoms with Crippen molar-refractivity contribution in [3.8, 4) is 0 Å². The SMILES string of the molecule is CC1=CC=C(C)C(N)C1. The molecule has 0 amide bonds. The monoisotopic (exact) mass is 123 g/mol. The van der Waals surface area contributed by atoms with Crippen molar-refractivity contribution < 1.29 is 0 Å². The number of rotatable bonds is 0. The lowest BCUT2D eigenvalue weighted by molar-refractivity contribution is 0.745. The zero-order valence-electron chi connectivity index (χ0n) is 6.02. The van der Waals surface area contributed by atoms with Crippen LogP contribution in [-0.4, -0.2) is 6.04 Å². The van der Waals surface area contributed by atoms with Crippen molar-refractivity contribution in [1.29, 1.82) is 0 Å². The summed E-state index contributed by atoms with van der Waals surface area (Å²) in [6, 6.07) is 0.273. The molecule has 50 valence electrons. The van der Waals surface area contributed by atoms with Crippen LogP contribution in [-0.2, 0) is 0 Å². The van der Waals surface area contributed by atoms with Gasteiger partial charge in [0.2, 0.25) is 0 Å². The van der Waals surface area contributed by atoms with E-state index in [9.17, 15) is 0 Å². The van der Waals surface area contributed by atoms with Gasteiger partial charge >= 0.3 is 0 Å². The summed E-state index contributed by atoms with van der Waals surface area (Å²) in [6.45, 7) is 4.19. The minimum atomic E-state index is 0.273. The fourth-order valence-electron chi connectivity index (χ4n) is 0.973. The average Bonchev–Trinajstić information content (AvgIpc) is 1.80. The summed E-state index contributed by atoms with van der Waals surface area (Å²) < 4.78 is 0. The van der Waals surface area contributed by atoms with Crippen LogP contribution in [0.1, 0.15) is 20.3 Å². The van der Waals surface area contributed by atoms with E-state index in [2.05, 4.69) is 26.0 Å². The van der Waals surface area contributed by atoms with Gasteiger partial charge in [-0.15, -0.1) is 0 Å². The Bertz CT molecular complexity index is 165. The van der Waals surface area contributed by atoms with Crippen LogP contribution in [0.2, 0.25) is 0 Å². The van der Waals surface area contributed by atoms with Gasteiger partial charge in [0, 0.05) is 6.04 Å². The van der Waals surface area contributed by atoms with Crippen molar-refractivity contribution >= 4 is 0 Å². The first-order valence-corrected chi connectivity index (χ1v) is 3.29. The second-order valence-electron chi connectivity index (χ2n) is 2.73. The topological polar surface area (TPSA) is 26.0 Å². The summed E-state index contributed by atoms with van der Waals surface area (Å²) in [5.41, 5.74) is 8.43. The molecule has 2 N–H and O–H groups in total. The van der Waals surface area contributed by atoms with E-state index in [0.29, 0.717) is 0 Å². The molecule has 1 aliphatic rings. The van der Waals surface area contributed by atoms with Crippen LogP contribution in [0.5, 0.6) is 0 Å². The fraction of sp³-hybridized carbons (Fsp3) is 0.500. The normalized spacial score (nSPS) is 27.2. The van der Waals surface area contributed by atoms with Gasteiger partial charge in [-0.1, -0.05) is 23.3 Å². The van der Waals surface area contributed by atoms with E-state index in [1.54, 1.807) is 0 Å². The predicted octanol–water partition coefficient (Wildman–Crippen LogP) is 1.61. The van der Waals surface area contributed by atoms with Gasteiger partial charge in [0.15, 0.2) is 0 Å². The minimum absolute atomic E-state index is 0.273.